The maximum atomic E-state index is 15.1. The Morgan fingerprint density at radius 1 is 0.568 bits per heavy atom. The van der Waals surface area contributed by atoms with Crippen molar-refractivity contribution in [3.63, 3.8) is 0 Å². The number of fused-ring (bicyclic) bond motifs is 1. The molecular weight excluding hydrogens is 1140 g/mol. The molecule has 0 bridgehead atoms. The summed E-state index contributed by atoms with van der Waals surface area (Å²) < 4.78 is 40.7. The van der Waals surface area contributed by atoms with Crippen LogP contribution in [0.1, 0.15) is 117 Å². The highest BCUT2D eigenvalue weighted by molar-refractivity contribution is 5.98. The van der Waals surface area contributed by atoms with Gasteiger partial charge in [0.15, 0.2) is 0 Å². The summed E-state index contributed by atoms with van der Waals surface area (Å²) in [7, 11) is 9.77. The van der Waals surface area contributed by atoms with Crippen molar-refractivity contribution in [2.45, 2.75) is 168 Å². The number of halogens is 3. The highest BCUT2D eigenvalue weighted by Gasteiger charge is 2.44. The van der Waals surface area contributed by atoms with E-state index in [9.17, 15) is 51.5 Å². The molecule has 0 spiro atoms. The number of carbonyl (C=O) groups excluding carboxylic acids is 11. The van der Waals surface area contributed by atoms with Crippen LogP contribution in [0.2, 0.25) is 0 Å². The zero-order valence-electron chi connectivity index (χ0n) is 53.9. The topological polar surface area (TPSA) is 250 Å². The second-order valence-corrected chi connectivity index (χ2v) is 24.4. The Labute approximate surface area is 516 Å². The third-order valence-electron chi connectivity index (χ3n) is 17.2. The van der Waals surface area contributed by atoms with E-state index in [1.54, 1.807) is 58.0 Å². The van der Waals surface area contributed by atoms with Gasteiger partial charge in [-0.1, -0.05) is 96.8 Å². The number of hydrogen-bond donors (Lipinski definition) is 3. The van der Waals surface area contributed by atoms with Crippen LogP contribution in [0.25, 0.3) is 0 Å². The van der Waals surface area contributed by atoms with Gasteiger partial charge < -0.3 is 55.1 Å². The summed E-state index contributed by atoms with van der Waals surface area (Å²) in [6, 6.07) is 4.10. The first-order valence-corrected chi connectivity index (χ1v) is 30.3. The molecule has 2 aliphatic rings. The Hall–Kier alpha value is -7.60. The minimum atomic E-state index is -4.61. The number of aryl methyl sites for hydroxylation is 1. The molecule has 4 rings (SSSR count). The van der Waals surface area contributed by atoms with Gasteiger partial charge in [-0.3, -0.25) is 52.7 Å². The van der Waals surface area contributed by atoms with Crippen LogP contribution in [-0.4, -0.2) is 228 Å². The fourth-order valence-electron chi connectivity index (χ4n) is 10.9. The molecule has 2 heterocycles. The second kappa shape index (κ2) is 32.6. The van der Waals surface area contributed by atoms with Crippen LogP contribution in [-0.2, 0) is 71.8 Å². The first-order chi connectivity index (χ1) is 41.1. The minimum Gasteiger partial charge on any atom is -0.351 e. The average Bonchev–Trinajstić information content (AvgIpc) is 2.68. The van der Waals surface area contributed by atoms with Crippen LogP contribution < -0.4 is 16.0 Å². The highest BCUT2D eigenvalue weighted by atomic mass is 19.4. The second-order valence-electron chi connectivity index (χ2n) is 24.4. The van der Waals surface area contributed by atoms with Gasteiger partial charge in [-0.25, -0.2) is 0 Å². The van der Waals surface area contributed by atoms with Crippen LogP contribution in [0.5, 0.6) is 0 Å². The molecule has 2 aromatic carbocycles. The van der Waals surface area contributed by atoms with Crippen LogP contribution >= 0.6 is 0 Å². The molecule has 0 saturated carbocycles. The maximum absolute atomic E-state index is 15.1. The number of alkyl halides is 3. The molecule has 2 aromatic rings. The molecular formula is C63H94F3N11O11. The van der Waals surface area contributed by atoms with Crippen LogP contribution in [0.15, 0.2) is 54.6 Å². The van der Waals surface area contributed by atoms with Gasteiger partial charge in [0, 0.05) is 74.8 Å². The number of amides is 11. The van der Waals surface area contributed by atoms with Crippen molar-refractivity contribution < 1.29 is 65.9 Å². The molecule has 2 saturated heterocycles. The molecule has 88 heavy (non-hydrogen) atoms. The lowest BCUT2D eigenvalue weighted by molar-refractivity contribution is -0.152. The minimum absolute atomic E-state index is 0.00423. The van der Waals surface area contributed by atoms with E-state index in [0.29, 0.717) is 30.4 Å². The molecule has 488 valence electrons. The quantitative estimate of drug-likeness (QED) is 0.293. The van der Waals surface area contributed by atoms with E-state index in [1.165, 1.54) is 92.9 Å². The van der Waals surface area contributed by atoms with E-state index >= 15 is 14.4 Å². The average molecular weight is 1240 g/mol. The molecule has 11 amide bonds. The van der Waals surface area contributed by atoms with E-state index in [0.717, 1.165) is 26.8 Å². The summed E-state index contributed by atoms with van der Waals surface area (Å²) in [6.45, 7) is 12.3. The molecule has 0 aliphatic carbocycles. The smallest absolute Gasteiger partial charge is 0.351 e. The number of carbonyl (C=O) groups is 11. The molecule has 25 heteroatoms. The van der Waals surface area contributed by atoms with Crippen LogP contribution in [0.3, 0.4) is 0 Å². The SMILES string of the molecule is CC[C@H](C)[C@@H]1NC(=O)[C@H](C)N(C)C(=O)C[C@@H](C)NC(=O)[C@H](CC(C)C)N(C)C(=O)[C@H](Cc2ccccc2)N(C)C(=O)C2CCCN2C(=O)[C@H](CCc2ccc(C(F)(F)F)cc2)NC(=O)CN(C)C(=O)[C@H]([C@@H](C)CC)N(C)C(=O)CN(C)C(=O)CN(C)C1=O. The lowest BCUT2D eigenvalue weighted by Crippen LogP contribution is -2.59. The maximum Gasteiger partial charge on any atom is 0.416 e. The standard InChI is InChI=1S/C63H94F3N11O11/c1-16-39(5)54-61(87)72(11)36-52(80)70(9)37-53(81)76(15)55(40(6)17-2)62(88)71(10)35-50(78)68-46(30-27-43-25-28-45(29-26-43)63(64,65)66)58(84)77-31-21-24-47(77)59(85)75(14)49(34-44-22-19-18-20-23-44)60(86)74(13)48(32-38(3)4)57(83)67-41(7)33-51(79)73(12)42(8)56(82)69-54/h18-20,22-23,25-26,28-29,38-42,46-49,54-55H,16-17,21,24,27,30-37H2,1-15H3,(H,67,83)(H,68,78)(H,69,82)/t39-,40-,41+,42-,46-,47?,48-,49-,54-,55-/m0/s1. The number of rotatable bonds is 11. The van der Waals surface area contributed by atoms with E-state index in [1.807, 2.05) is 20.8 Å². The van der Waals surface area contributed by atoms with Gasteiger partial charge in [-0.2, -0.15) is 13.2 Å². The van der Waals surface area contributed by atoms with Crippen molar-refractivity contribution in [2.24, 2.45) is 17.8 Å². The largest absolute Gasteiger partial charge is 0.416 e. The van der Waals surface area contributed by atoms with Gasteiger partial charge in [0.1, 0.15) is 42.3 Å². The van der Waals surface area contributed by atoms with Crippen molar-refractivity contribution in [1.29, 1.82) is 0 Å². The van der Waals surface area contributed by atoms with Crippen molar-refractivity contribution in [1.82, 2.24) is 55.1 Å². The first-order valence-electron chi connectivity index (χ1n) is 30.3. The predicted octanol–water partition coefficient (Wildman–Crippen LogP) is 3.59. The van der Waals surface area contributed by atoms with Crippen LogP contribution in [0.4, 0.5) is 13.2 Å². The van der Waals surface area contributed by atoms with E-state index in [2.05, 4.69) is 16.0 Å². The number of likely N-dealkylation sites (N-methyl/N-ethyl adjacent to an activating group) is 7. The molecule has 22 nitrogen and oxygen atoms in total. The highest BCUT2D eigenvalue weighted by Crippen LogP contribution is 2.30. The lowest BCUT2D eigenvalue weighted by atomic mass is 9.96. The number of nitrogens with one attached hydrogen (secondary N) is 3. The number of hydrogen-bond acceptors (Lipinski definition) is 11. The number of benzene rings is 2. The number of nitrogens with zero attached hydrogens (tertiary/aromatic N) is 8. The molecule has 10 atom stereocenters. The van der Waals surface area contributed by atoms with Gasteiger partial charge >= 0.3 is 6.18 Å². The zero-order chi connectivity index (χ0) is 66.2. The molecule has 1 unspecified atom stereocenters. The summed E-state index contributed by atoms with van der Waals surface area (Å²) in [5, 5.41) is 8.38. The van der Waals surface area contributed by atoms with Crippen LogP contribution in [0, 0.1) is 17.8 Å². The molecule has 3 N–H and O–H groups in total. The Bertz CT molecular complexity index is 2790. The summed E-state index contributed by atoms with van der Waals surface area (Å²) in [4.78, 5) is 167. The molecule has 0 aromatic heterocycles. The van der Waals surface area contributed by atoms with Crippen molar-refractivity contribution in [3.05, 3.63) is 71.3 Å². The first kappa shape index (κ1) is 72.9. The summed E-state index contributed by atoms with van der Waals surface area (Å²) in [5.74, 6) is -8.17. The van der Waals surface area contributed by atoms with E-state index < -0.39 is 157 Å². The van der Waals surface area contributed by atoms with E-state index in [-0.39, 0.29) is 51.0 Å². The lowest BCUT2D eigenvalue weighted by Gasteiger charge is -2.37. The van der Waals surface area contributed by atoms with Gasteiger partial charge in [0.05, 0.1) is 25.2 Å². The third-order valence-corrected chi connectivity index (χ3v) is 17.2. The zero-order valence-corrected chi connectivity index (χ0v) is 53.9. The molecule has 2 aliphatic heterocycles. The Morgan fingerprint density at radius 3 is 1.73 bits per heavy atom. The normalized spacial score (nSPS) is 25.2. The predicted molar refractivity (Wildman–Crippen MR) is 324 cm³/mol. The fourth-order valence-corrected chi connectivity index (χ4v) is 10.9. The Morgan fingerprint density at radius 2 is 1.15 bits per heavy atom. The van der Waals surface area contributed by atoms with Gasteiger partial charge in [0.25, 0.3) is 0 Å². The van der Waals surface area contributed by atoms with Gasteiger partial charge in [-0.05, 0) is 87.0 Å². The van der Waals surface area contributed by atoms with Gasteiger partial charge in [-0.15, -0.1) is 0 Å². The molecule has 2 fully saturated rings. The third kappa shape index (κ3) is 19.4. The van der Waals surface area contributed by atoms with Crippen molar-refractivity contribution >= 4 is 65.0 Å². The van der Waals surface area contributed by atoms with Crippen molar-refractivity contribution in [2.75, 3.05) is 75.5 Å². The summed E-state index contributed by atoms with van der Waals surface area (Å²) in [5.41, 5.74) is 0.193. The summed E-state index contributed by atoms with van der Waals surface area (Å²) >= 11 is 0. The Balaban J connectivity index is 1.81. The van der Waals surface area contributed by atoms with Gasteiger partial charge in [0.2, 0.25) is 65.0 Å². The Kier molecular flexibility index (Phi) is 27.0. The van der Waals surface area contributed by atoms with Crippen molar-refractivity contribution in [3.8, 4) is 0 Å². The fraction of sp³-hybridized carbons (Fsp3) is 0.635. The monoisotopic (exact) mass is 1240 g/mol. The molecule has 0 radical (unpaired) electrons. The van der Waals surface area contributed by atoms with E-state index in [4.69, 9.17) is 0 Å². The summed E-state index contributed by atoms with van der Waals surface area (Å²) in [6.07, 6.45) is -3.56.